The van der Waals surface area contributed by atoms with E-state index in [9.17, 15) is 0 Å². The number of hydrogen-bond donors (Lipinski definition) is 0. The Kier molecular flexibility index (Phi) is 6.66. The van der Waals surface area contributed by atoms with Crippen LogP contribution in [0.2, 0.25) is 0 Å². The smallest absolute Gasteiger partial charge is 0.189 e. The van der Waals surface area contributed by atoms with Gasteiger partial charge in [0, 0.05) is 6.61 Å². The molecule has 0 saturated heterocycles. The van der Waals surface area contributed by atoms with Crippen molar-refractivity contribution in [2.24, 2.45) is 0 Å². The summed E-state index contributed by atoms with van der Waals surface area (Å²) < 4.78 is 10.8. The molecule has 0 bridgehead atoms. The summed E-state index contributed by atoms with van der Waals surface area (Å²) in [6.07, 6.45) is 4.85. The molecular formula is C14H22O2. The Labute approximate surface area is 98.6 Å². The Bertz CT molecular complexity index is 255. The molecule has 1 aromatic rings. The molecule has 0 unspecified atom stereocenters. The number of benzene rings is 1. The molecule has 0 heterocycles. The van der Waals surface area contributed by atoms with Gasteiger partial charge in [-0.2, -0.15) is 0 Å². The third-order valence-electron chi connectivity index (χ3n) is 2.52. The summed E-state index contributed by atoms with van der Waals surface area (Å²) in [6.45, 7) is 5.23. The van der Waals surface area contributed by atoms with Gasteiger partial charge in [0.1, 0.15) is 5.75 Å². The van der Waals surface area contributed by atoms with E-state index in [4.69, 9.17) is 9.47 Å². The molecule has 2 heteroatoms. The fourth-order valence-corrected chi connectivity index (χ4v) is 1.61. The van der Waals surface area contributed by atoms with Gasteiger partial charge in [-0.3, -0.25) is 0 Å². The van der Waals surface area contributed by atoms with Crippen LogP contribution in [0.1, 0.15) is 38.7 Å². The van der Waals surface area contributed by atoms with E-state index in [0.29, 0.717) is 13.4 Å². The van der Waals surface area contributed by atoms with Crippen LogP contribution in [0.5, 0.6) is 5.75 Å². The molecule has 0 aliphatic heterocycles. The van der Waals surface area contributed by atoms with Gasteiger partial charge < -0.3 is 9.47 Å². The minimum Gasteiger partial charge on any atom is -0.467 e. The first kappa shape index (κ1) is 13.0. The highest BCUT2D eigenvalue weighted by Crippen LogP contribution is 2.20. The summed E-state index contributed by atoms with van der Waals surface area (Å²) in [7, 11) is 0. The Morgan fingerprint density at radius 1 is 1.06 bits per heavy atom. The minimum absolute atomic E-state index is 0.349. The van der Waals surface area contributed by atoms with Crippen molar-refractivity contribution in [3.63, 3.8) is 0 Å². The van der Waals surface area contributed by atoms with Crippen LogP contribution in [0.15, 0.2) is 24.3 Å². The molecular weight excluding hydrogens is 200 g/mol. The number of rotatable bonds is 8. The van der Waals surface area contributed by atoms with Gasteiger partial charge in [0.2, 0.25) is 0 Å². The molecule has 90 valence electrons. The van der Waals surface area contributed by atoms with Crippen molar-refractivity contribution in [3.05, 3.63) is 29.8 Å². The zero-order valence-corrected chi connectivity index (χ0v) is 10.4. The highest BCUT2D eigenvalue weighted by molar-refractivity contribution is 5.33. The van der Waals surface area contributed by atoms with Crippen molar-refractivity contribution in [2.75, 3.05) is 13.4 Å². The van der Waals surface area contributed by atoms with E-state index in [0.717, 1.165) is 12.2 Å². The summed E-state index contributed by atoms with van der Waals surface area (Å²) in [4.78, 5) is 0. The lowest BCUT2D eigenvalue weighted by Gasteiger charge is -2.10. The summed E-state index contributed by atoms with van der Waals surface area (Å²) in [6, 6.07) is 8.22. The summed E-state index contributed by atoms with van der Waals surface area (Å²) >= 11 is 0. The Balaban J connectivity index is 2.46. The molecule has 1 rings (SSSR count). The van der Waals surface area contributed by atoms with Gasteiger partial charge in [-0.05, 0) is 31.4 Å². The van der Waals surface area contributed by atoms with E-state index in [1.807, 2.05) is 19.1 Å². The van der Waals surface area contributed by atoms with Crippen LogP contribution < -0.4 is 4.74 Å². The predicted molar refractivity (Wildman–Crippen MR) is 66.8 cm³/mol. The summed E-state index contributed by atoms with van der Waals surface area (Å²) in [5.41, 5.74) is 1.29. The van der Waals surface area contributed by atoms with Gasteiger partial charge in [0.05, 0.1) is 0 Å². The van der Waals surface area contributed by atoms with Crippen LogP contribution in [-0.2, 0) is 11.2 Å². The van der Waals surface area contributed by atoms with Gasteiger partial charge >= 0.3 is 0 Å². The number of ether oxygens (including phenoxy) is 2. The molecule has 0 radical (unpaired) electrons. The second kappa shape index (κ2) is 8.17. The normalized spacial score (nSPS) is 10.4. The second-order valence-electron chi connectivity index (χ2n) is 3.82. The molecule has 0 spiro atoms. The lowest BCUT2D eigenvalue weighted by Crippen LogP contribution is -2.04. The Hall–Kier alpha value is -1.02. The SMILES string of the molecule is CCCCCc1ccccc1OCOCC. The summed E-state index contributed by atoms with van der Waals surface area (Å²) in [5, 5.41) is 0. The highest BCUT2D eigenvalue weighted by Gasteiger charge is 2.02. The van der Waals surface area contributed by atoms with Crippen molar-refractivity contribution < 1.29 is 9.47 Å². The molecule has 0 aliphatic carbocycles. The van der Waals surface area contributed by atoms with E-state index < -0.39 is 0 Å². The molecule has 1 aromatic carbocycles. The average Bonchev–Trinajstić information content (AvgIpc) is 2.32. The first-order valence-electron chi connectivity index (χ1n) is 6.17. The van der Waals surface area contributed by atoms with Crippen molar-refractivity contribution in [1.29, 1.82) is 0 Å². The third kappa shape index (κ3) is 4.67. The van der Waals surface area contributed by atoms with Crippen LogP contribution in [0.4, 0.5) is 0 Å². The second-order valence-corrected chi connectivity index (χ2v) is 3.82. The average molecular weight is 222 g/mol. The maximum absolute atomic E-state index is 5.59. The largest absolute Gasteiger partial charge is 0.467 e. The van der Waals surface area contributed by atoms with Crippen molar-refractivity contribution >= 4 is 0 Å². The fourth-order valence-electron chi connectivity index (χ4n) is 1.61. The van der Waals surface area contributed by atoms with E-state index in [1.165, 1.54) is 24.8 Å². The molecule has 16 heavy (non-hydrogen) atoms. The predicted octanol–water partition coefficient (Wildman–Crippen LogP) is 3.79. The van der Waals surface area contributed by atoms with Crippen LogP contribution in [0, 0.1) is 0 Å². The molecule has 2 nitrogen and oxygen atoms in total. The maximum Gasteiger partial charge on any atom is 0.189 e. The standard InChI is InChI=1S/C14H22O2/c1-3-5-6-9-13-10-7-8-11-14(13)16-12-15-4-2/h7-8,10-11H,3-6,9,12H2,1-2H3. The molecule has 0 aliphatic rings. The van der Waals surface area contributed by atoms with Gasteiger partial charge in [0.25, 0.3) is 0 Å². The maximum atomic E-state index is 5.59. The zero-order chi connectivity index (χ0) is 11.6. The van der Waals surface area contributed by atoms with Crippen LogP contribution in [0.3, 0.4) is 0 Å². The molecule has 0 saturated carbocycles. The Morgan fingerprint density at radius 3 is 2.62 bits per heavy atom. The summed E-state index contributed by atoms with van der Waals surface area (Å²) in [5.74, 6) is 0.965. The van der Waals surface area contributed by atoms with Crippen molar-refractivity contribution in [2.45, 2.75) is 39.5 Å². The fraction of sp³-hybridized carbons (Fsp3) is 0.571. The zero-order valence-electron chi connectivity index (χ0n) is 10.4. The van der Waals surface area contributed by atoms with Gasteiger partial charge in [-0.1, -0.05) is 38.0 Å². The monoisotopic (exact) mass is 222 g/mol. The quantitative estimate of drug-likeness (QED) is 0.492. The van der Waals surface area contributed by atoms with Crippen molar-refractivity contribution in [1.82, 2.24) is 0 Å². The van der Waals surface area contributed by atoms with E-state index in [2.05, 4.69) is 19.1 Å². The highest BCUT2D eigenvalue weighted by atomic mass is 16.7. The van der Waals surface area contributed by atoms with Crippen LogP contribution >= 0.6 is 0 Å². The molecule has 0 aromatic heterocycles. The molecule has 0 N–H and O–H groups in total. The van der Waals surface area contributed by atoms with Gasteiger partial charge in [-0.25, -0.2) is 0 Å². The number of unbranched alkanes of at least 4 members (excludes halogenated alkanes) is 2. The van der Waals surface area contributed by atoms with E-state index >= 15 is 0 Å². The van der Waals surface area contributed by atoms with Crippen molar-refractivity contribution in [3.8, 4) is 5.75 Å². The van der Waals surface area contributed by atoms with E-state index in [-0.39, 0.29) is 0 Å². The number of aryl methyl sites for hydroxylation is 1. The topological polar surface area (TPSA) is 18.5 Å². The van der Waals surface area contributed by atoms with Gasteiger partial charge in [0.15, 0.2) is 6.79 Å². The number of hydrogen-bond acceptors (Lipinski definition) is 2. The van der Waals surface area contributed by atoms with Crippen LogP contribution in [0.25, 0.3) is 0 Å². The molecule has 0 fully saturated rings. The Morgan fingerprint density at radius 2 is 1.88 bits per heavy atom. The first-order valence-corrected chi connectivity index (χ1v) is 6.17. The number of para-hydroxylation sites is 1. The molecule has 0 atom stereocenters. The molecule has 0 amide bonds. The minimum atomic E-state index is 0.349. The van der Waals surface area contributed by atoms with Gasteiger partial charge in [-0.15, -0.1) is 0 Å². The lowest BCUT2D eigenvalue weighted by molar-refractivity contribution is 0.0218. The third-order valence-corrected chi connectivity index (χ3v) is 2.52. The lowest BCUT2D eigenvalue weighted by atomic mass is 10.1. The van der Waals surface area contributed by atoms with E-state index in [1.54, 1.807) is 0 Å². The van der Waals surface area contributed by atoms with Crippen LogP contribution in [-0.4, -0.2) is 13.4 Å². The first-order chi connectivity index (χ1) is 7.88.